The lowest BCUT2D eigenvalue weighted by atomic mass is 10.3. The Labute approximate surface area is 84.2 Å². The Morgan fingerprint density at radius 3 is 2.86 bits per heavy atom. The highest BCUT2D eigenvalue weighted by Crippen LogP contribution is 2.12. The third-order valence-electron chi connectivity index (χ3n) is 1.95. The fourth-order valence-corrected chi connectivity index (χ4v) is 1.26. The third kappa shape index (κ3) is 2.70. The zero-order valence-electron chi connectivity index (χ0n) is 8.51. The zero-order chi connectivity index (χ0) is 10.4. The molecule has 0 unspecified atom stereocenters. The van der Waals surface area contributed by atoms with Gasteiger partial charge in [-0.05, 0) is 19.9 Å². The molecule has 0 bridgehead atoms. The summed E-state index contributed by atoms with van der Waals surface area (Å²) in [5.41, 5.74) is 0. The quantitative estimate of drug-likeness (QED) is 0.723. The second kappa shape index (κ2) is 5.18. The first-order valence-corrected chi connectivity index (χ1v) is 4.65. The summed E-state index contributed by atoms with van der Waals surface area (Å²) in [7, 11) is 0. The fourth-order valence-electron chi connectivity index (χ4n) is 1.26. The van der Waals surface area contributed by atoms with Gasteiger partial charge in [0, 0.05) is 18.8 Å². The summed E-state index contributed by atoms with van der Waals surface area (Å²) in [5, 5.41) is 8.53. The van der Waals surface area contributed by atoms with E-state index in [1.165, 1.54) is 6.33 Å². The van der Waals surface area contributed by atoms with Crippen LogP contribution in [0.25, 0.3) is 0 Å². The Balaban J connectivity index is 2.74. The van der Waals surface area contributed by atoms with Crippen LogP contribution in [0.5, 0.6) is 0 Å². The van der Waals surface area contributed by atoms with E-state index in [1.807, 2.05) is 6.07 Å². The maximum absolute atomic E-state index is 8.53. The molecule has 4 heteroatoms. The van der Waals surface area contributed by atoms with Crippen molar-refractivity contribution in [3.8, 4) is 6.07 Å². The summed E-state index contributed by atoms with van der Waals surface area (Å²) in [6, 6.07) is 4.34. The van der Waals surface area contributed by atoms with Crippen LogP contribution in [0.15, 0.2) is 18.6 Å². The molecule has 1 rings (SSSR count). The number of anilines is 1. The SMILES string of the molecule is CC(C)N(CCC#N)c1ccncn1. The molecule has 74 valence electrons. The molecule has 0 aliphatic heterocycles. The lowest BCUT2D eigenvalue weighted by Gasteiger charge is -2.26. The van der Waals surface area contributed by atoms with Crippen LogP contribution in [-0.2, 0) is 0 Å². The number of hydrogen-bond acceptors (Lipinski definition) is 4. The molecule has 0 fully saturated rings. The molecule has 1 aromatic rings. The van der Waals surface area contributed by atoms with Crippen LogP contribution < -0.4 is 4.90 Å². The molecule has 0 atom stereocenters. The van der Waals surface area contributed by atoms with Gasteiger partial charge in [0.2, 0.25) is 0 Å². The maximum Gasteiger partial charge on any atom is 0.132 e. The van der Waals surface area contributed by atoms with Gasteiger partial charge in [0.25, 0.3) is 0 Å². The van der Waals surface area contributed by atoms with Crippen molar-refractivity contribution in [1.82, 2.24) is 9.97 Å². The van der Waals surface area contributed by atoms with E-state index in [1.54, 1.807) is 6.20 Å². The lowest BCUT2D eigenvalue weighted by molar-refractivity contribution is 0.676. The van der Waals surface area contributed by atoms with Crippen molar-refractivity contribution in [2.45, 2.75) is 26.3 Å². The molecular formula is C10H14N4. The molecular weight excluding hydrogens is 176 g/mol. The van der Waals surface area contributed by atoms with Crippen molar-refractivity contribution in [3.05, 3.63) is 18.6 Å². The molecule has 0 saturated carbocycles. The molecule has 0 aliphatic rings. The van der Waals surface area contributed by atoms with Crippen molar-refractivity contribution in [2.75, 3.05) is 11.4 Å². The molecule has 1 heterocycles. The van der Waals surface area contributed by atoms with E-state index in [0.29, 0.717) is 19.0 Å². The highest BCUT2D eigenvalue weighted by molar-refractivity contribution is 5.37. The van der Waals surface area contributed by atoms with Gasteiger partial charge in [0.1, 0.15) is 12.1 Å². The van der Waals surface area contributed by atoms with Gasteiger partial charge in [-0.2, -0.15) is 5.26 Å². The van der Waals surface area contributed by atoms with Crippen molar-refractivity contribution in [2.24, 2.45) is 0 Å². The van der Waals surface area contributed by atoms with E-state index >= 15 is 0 Å². The number of hydrogen-bond donors (Lipinski definition) is 0. The Kier molecular flexibility index (Phi) is 3.86. The molecule has 0 spiro atoms. The first kappa shape index (κ1) is 10.5. The third-order valence-corrected chi connectivity index (χ3v) is 1.95. The van der Waals surface area contributed by atoms with Gasteiger partial charge in [-0.25, -0.2) is 9.97 Å². The Hall–Kier alpha value is -1.63. The second-order valence-electron chi connectivity index (χ2n) is 3.26. The van der Waals surface area contributed by atoms with E-state index in [-0.39, 0.29) is 0 Å². The lowest BCUT2D eigenvalue weighted by Crippen LogP contribution is -2.32. The zero-order valence-corrected chi connectivity index (χ0v) is 8.51. The molecule has 14 heavy (non-hydrogen) atoms. The summed E-state index contributed by atoms with van der Waals surface area (Å²) in [6.45, 7) is 4.88. The molecule has 0 aromatic carbocycles. The van der Waals surface area contributed by atoms with E-state index < -0.39 is 0 Å². The van der Waals surface area contributed by atoms with Gasteiger partial charge < -0.3 is 4.90 Å². The molecule has 0 aliphatic carbocycles. The summed E-state index contributed by atoms with van der Waals surface area (Å²) in [6.07, 6.45) is 3.75. The van der Waals surface area contributed by atoms with Crippen LogP contribution >= 0.6 is 0 Å². The number of nitriles is 1. The topological polar surface area (TPSA) is 52.8 Å². The van der Waals surface area contributed by atoms with Crippen LogP contribution in [0.2, 0.25) is 0 Å². The van der Waals surface area contributed by atoms with Gasteiger partial charge >= 0.3 is 0 Å². The van der Waals surface area contributed by atoms with Crippen LogP contribution in [0.4, 0.5) is 5.82 Å². The van der Waals surface area contributed by atoms with Gasteiger partial charge in [-0.1, -0.05) is 0 Å². The van der Waals surface area contributed by atoms with E-state index in [9.17, 15) is 0 Å². The summed E-state index contributed by atoms with van der Waals surface area (Å²) in [5.74, 6) is 0.880. The van der Waals surface area contributed by atoms with Crippen molar-refractivity contribution in [1.29, 1.82) is 5.26 Å². The highest BCUT2D eigenvalue weighted by atomic mass is 15.2. The maximum atomic E-state index is 8.53. The smallest absolute Gasteiger partial charge is 0.132 e. The van der Waals surface area contributed by atoms with Gasteiger partial charge in [-0.15, -0.1) is 0 Å². The first-order valence-electron chi connectivity index (χ1n) is 4.65. The standard InChI is InChI=1S/C10H14N4/c1-9(2)14(7-3-5-11)10-4-6-12-8-13-10/h4,6,8-9H,3,7H2,1-2H3. The minimum absolute atomic E-state index is 0.346. The average Bonchev–Trinajstić information content (AvgIpc) is 2.19. The largest absolute Gasteiger partial charge is 0.353 e. The predicted octanol–water partition coefficient (Wildman–Crippen LogP) is 1.61. The average molecular weight is 190 g/mol. The second-order valence-corrected chi connectivity index (χ2v) is 3.26. The summed E-state index contributed by atoms with van der Waals surface area (Å²) >= 11 is 0. The van der Waals surface area contributed by atoms with Crippen molar-refractivity contribution < 1.29 is 0 Å². The number of nitrogens with zero attached hydrogens (tertiary/aromatic N) is 4. The number of rotatable bonds is 4. The molecule has 0 amide bonds. The molecule has 0 radical (unpaired) electrons. The summed E-state index contributed by atoms with van der Waals surface area (Å²) < 4.78 is 0. The van der Waals surface area contributed by atoms with E-state index in [2.05, 4.69) is 34.8 Å². The molecule has 0 saturated heterocycles. The van der Waals surface area contributed by atoms with Gasteiger partial charge in [-0.3, -0.25) is 0 Å². The monoisotopic (exact) mass is 190 g/mol. The summed E-state index contributed by atoms with van der Waals surface area (Å²) in [4.78, 5) is 10.1. The molecule has 0 N–H and O–H groups in total. The predicted molar refractivity (Wildman–Crippen MR) is 54.7 cm³/mol. The fraction of sp³-hybridized carbons (Fsp3) is 0.500. The van der Waals surface area contributed by atoms with Crippen LogP contribution in [-0.4, -0.2) is 22.6 Å². The molecule has 1 aromatic heterocycles. The molecule has 4 nitrogen and oxygen atoms in total. The van der Waals surface area contributed by atoms with Crippen molar-refractivity contribution >= 4 is 5.82 Å². The van der Waals surface area contributed by atoms with Crippen LogP contribution in [0, 0.1) is 11.3 Å². The minimum atomic E-state index is 0.346. The Morgan fingerprint density at radius 1 is 1.57 bits per heavy atom. The highest BCUT2D eigenvalue weighted by Gasteiger charge is 2.10. The Bertz CT molecular complexity index is 302. The Morgan fingerprint density at radius 2 is 2.36 bits per heavy atom. The van der Waals surface area contributed by atoms with Crippen molar-refractivity contribution in [3.63, 3.8) is 0 Å². The van der Waals surface area contributed by atoms with Crippen LogP contribution in [0.1, 0.15) is 20.3 Å². The van der Waals surface area contributed by atoms with Gasteiger partial charge in [0.05, 0.1) is 12.5 Å². The normalized spacial score (nSPS) is 9.86. The van der Waals surface area contributed by atoms with Crippen LogP contribution in [0.3, 0.4) is 0 Å². The van der Waals surface area contributed by atoms with E-state index in [0.717, 1.165) is 5.82 Å². The van der Waals surface area contributed by atoms with Gasteiger partial charge in [0.15, 0.2) is 0 Å². The number of aromatic nitrogens is 2. The first-order chi connectivity index (χ1) is 6.75. The van der Waals surface area contributed by atoms with E-state index in [4.69, 9.17) is 5.26 Å². The minimum Gasteiger partial charge on any atom is -0.353 e.